The highest BCUT2D eigenvalue weighted by atomic mass is 32.2. The van der Waals surface area contributed by atoms with Gasteiger partial charge in [-0.05, 0) is 23.3 Å². The predicted molar refractivity (Wildman–Crippen MR) is 94.0 cm³/mol. The van der Waals surface area contributed by atoms with Crippen LogP contribution in [-0.2, 0) is 0 Å². The summed E-state index contributed by atoms with van der Waals surface area (Å²) in [6.45, 7) is 3.67. The molecule has 1 aromatic heterocycles. The van der Waals surface area contributed by atoms with Crippen LogP contribution in [-0.4, -0.2) is 35.4 Å². The molecule has 1 aromatic rings. The Hall–Kier alpha value is -0.980. The first-order valence-electron chi connectivity index (χ1n) is 7.09. The van der Waals surface area contributed by atoms with E-state index in [9.17, 15) is 0 Å². The quantitative estimate of drug-likeness (QED) is 0.192. The minimum atomic E-state index is 0.429. The molecule has 118 valence electrons. The van der Waals surface area contributed by atoms with E-state index >= 15 is 0 Å². The van der Waals surface area contributed by atoms with Gasteiger partial charge < -0.3 is 0 Å². The van der Waals surface area contributed by atoms with Crippen LogP contribution in [0.1, 0.15) is 38.1 Å². The highest BCUT2D eigenvalue weighted by molar-refractivity contribution is 8.41. The van der Waals surface area contributed by atoms with Gasteiger partial charge in [0.15, 0.2) is 0 Å². The number of nitriles is 1. The van der Waals surface area contributed by atoms with E-state index in [4.69, 9.17) is 5.26 Å². The van der Waals surface area contributed by atoms with Gasteiger partial charge in [-0.15, -0.1) is 11.7 Å². The third kappa shape index (κ3) is 5.34. The molecule has 0 spiro atoms. The molecule has 0 atom stereocenters. The van der Waals surface area contributed by atoms with Gasteiger partial charge >= 0.3 is 0 Å². The van der Waals surface area contributed by atoms with Crippen LogP contribution in [0.15, 0.2) is 22.8 Å². The van der Waals surface area contributed by atoms with Crippen molar-refractivity contribution in [2.45, 2.75) is 43.3 Å². The van der Waals surface area contributed by atoms with Crippen molar-refractivity contribution in [2.75, 3.05) is 10.8 Å². The molecule has 0 aliphatic heterocycles. The number of tetrazole rings is 1. The molecule has 0 N–H and O–H groups in total. The van der Waals surface area contributed by atoms with Crippen molar-refractivity contribution in [1.29, 1.82) is 5.26 Å². The summed E-state index contributed by atoms with van der Waals surface area (Å²) in [5, 5.41) is 22.4. The Morgan fingerprint density at radius 3 is 2.95 bits per heavy atom. The molecule has 6 nitrogen and oxygen atoms in total. The molecular weight excluding hydrogens is 336 g/mol. The molecule has 2 rings (SSSR count). The highest BCUT2D eigenvalue weighted by Gasteiger charge is 2.20. The van der Waals surface area contributed by atoms with Gasteiger partial charge in [-0.25, -0.2) is 4.68 Å². The Labute approximate surface area is 143 Å². The summed E-state index contributed by atoms with van der Waals surface area (Å²) in [7, 11) is 0. The molecule has 1 aliphatic rings. The normalized spacial score (nSPS) is 16.4. The lowest BCUT2D eigenvalue weighted by Crippen LogP contribution is -2.15. The summed E-state index contributed by atoms with van der Waals surface area (Å²) in [6, 6.07) is 0.429. The number of thioether (sulfide) groups is 3. The summed E-state index contributed by atoms with van der Waals surface area (Å²) < 4.78 is 2.72. The van der Waals surface area contributed by atoms with Crippen molar-refractivity contribution < 1.29 is 0 Å². The lowest BCUT2D eigenvalue weighted by atomic mass is 9.96. The molecule has 0 amide bonds. The molecule has 1 fully saturated rings. The standard InChI is InChI=1S/C13H18N6S3/c1-2-8-20-13(15-9-14)22-10-21-12-16-17-18-19(12)11-6-4-3-5-7-11/h2,11H,1,3-8,10H2. The number of hydrogen-bond donors (Lipinski definition) is 0. The van der Waals surface area contributed by atoms with Crippen LogP contribution >= 0.6 is 35.3 Å². The Morgan fingerprint density at radius 2 is 2.23 bits per heavy atom. The van der Waals surface area contributed by atoms with Crippen LogP contribution < -0.4 is 0 Å². The molecule has 0 aromatic carbocycles. The monoisotopic (exact) mass is 354 g/mol. The van der Waals surface area contributed by atoms with Crippen molar-refractivity contribution >= 4 is 39.7 Å². The Bertz CT molecular complexity index is 544. The van der Waals surface area contributed by atoms with Gasteiger partial charge in [0, 0.05) is 5.75 Å². The number of hydrogen-bond acceptors (Lipinski definition) is 8. The second-order valence-electron chi connectivity index (χ2n) is 4.68. The second kappa shape index (κ2) is 9.92. The maximum Gasteiger partial charge on any atom is 0.210 e. The van der Waals surface area contributed by atoms with Gasteiger partial charge in [-0.1, -0.05) is 60.6 Å². The molecule has 22 heavy (non-hydrogen) atoms. The average Bonchev–Trinajstić information content (AvgIpc) is 3.02. The Balaban J connectivity index is 1.86. The van der Waals surface area contributed by atoms with Crippen molar-refractivity contribution in [1.82, 2.24) is 20.2 Å². The van der Waals surface area contributed by atoms with E-state index in [0.717, 1.165) is 33.2 Å². The molecule has 0 bridgehead atoms. The predicted octanol–water partition coefficient (Wildman–Crippen LogP) is 3.72. The van der Waals surface area contributed by atoms with E-state index in [2.05, 4.69) is 27.1 Å². The van der Waals surface area contributed by atoms with E-state index < -0.39 is 0 Å². The summed E-state index contributed by atoms with van der Waals surface area (Å²) in [6.07, 6.45) is 9.76. The van der Waals surface area contributed by atoms with Crippen LogP contribution in [0.2, 0.25) is 0 Å². The molecule has 0 saturated heterocycles. The van der Waals surface area contributed by atoms with Gasteiger partial charge in [-0.2, -0.15) is 10.3 Å². The molecule has 1 heterocycles. The summed E-state index contributed by atoms with van der Waals surface area (Å²) >= 11 is 4.65. The van der Waals surface area contributed by atoms with Crippen molar-refractivity contribution in [3.05, 3.63) is 12.7 Å². The molecule has 1 saturated carbocycles. The van der Waals surface area contributed by atoms with Crippen molar-refractivity contribution in [3.8, 4) is 6.19 Å². The summed E-state index contributed by atoms with van der Waals surface area (Å²) in [5.74, 6) is 0.748. The molecule has 0 radical (unpaired) electrons. The second-order valence-corrected chi connectivity index (χ2v) is 8.22. The highest BCUT2D eigenvalue weighted by Crippen LogP contribution is 2.31. The first kappa shape index (κ1) is 17.4. The SMILES string of the molecule is C=CCSC(=NC#N)SCSc1nnnn1C1CCCCC1. The third-order valence-electron chi connectivity index (χ3n) is 3.22. The van der Waals surface area contributed by atoms with E-state index in [1.165, 1.54) is 42.8 Å². The average molecular weight is 355 g/mol. The Kier molecular flexibility index (Phi) is 7.83. The fourth-order valence-electron chi connectivity index (χ4n) is 2.25. The lowest BCUT2D eigenvalue weighted by molar-refractivity contribution is 0.307. The number of aliphatic imine (C=N–C) groups is 1. The summed E-state index contributed by atoms with van der Waals surface area (Å²) in [4.78, 5) is 3.82. The topological polar surface area (TPSA) is 79.8 Å². The van der Waals surface area contributed by atoms with Gasteiger partial charge in [-0.3, -0.25) is 0 Å². The fraction of sp³-hybridized carbons (Fsp3) is 0.615. The smallest absolute Gasteiger partial charge is 0.210 e. The van der Waals surface area contributed by atoms with Crippen LogP contribution in [0.25, 0.3) is 0 Å². The van der Waals surface area contributed by atoms with Crippen LogP contribution in [0.5, 0.6) is 0 Å². The maximum atomic E-state index is 8.70. The van der Waals surface area contributed by atoms with E-state index in [0.29, 0.717) is 6.04 Å². The van der Waals surface area contributed by atoms with Crippen LogP contribution in [0.3, 0.4) is 0 Å². The molecular formula is C13H18N6S3. The first-order chi connectivity index (χ1) is 10.8. The molecule has 0 unspecified atom stereocenters. The summed E-state index contributed by atoms with van der Waals surface area (Å²) in [5.41, 5.74) is 0. The van der Waals surface area contributed by atoms with E-state index in [1.54, 1.807) is 17.8 Å². The number of nitrogens with zero attached hydrogens (tertiary/aromatic N) is 6. The molecule has 1 aliphatic carbocycles. The molecule has 9 heteroatoms. The largest absolute Gasteiger partial charge is 0.217 e. The fourth-order valence-corrected chi connectivity index (χ4v) is 5.16. The number of rotatable bonds is 6. The van der Waals surface area contributed by atoms with Crippen LogP contribution in [0, 0.1) is 11.5 Å². The zero-order valence-electron chi connectivity index (χ0n) is 12.2. The van der Waals surface area contributed by atoms with E-state index in [1.807, 2.05) is 10.9 Å². The van der Waals surface area contributed by atoms with E-state index in [-0.39, 0.29) is 0 Å². The first-order valence-corrected chi connectivity index (χ1v) is 10.0. The number of aromatic nitrogens is 4. The Morgan fingerprint density at radius 1 is 1.41 bits per heavy atom. The third-order valence-corrected chi connectivity index (χ3v) is 6.48. The lowest BCUT2D eigenvalue weighted by Gasteiger charge is -2.21. The zero-order chi connectivity index (χ0) is 15.6. The van der Waals surface area contributed by atoms with Gasteiger partial charge in [0.2, 0.25) is 11.3 Å². The minimum Gasteiger partial charge on any atom is -0.217 e. The van der Waals surface area contributed by atoms with Gasteiger partial charge in [0.25, 0.3) is 0 Å². The van der Waals surface area contributed by atoms with Crippen LogP contribution in [0.4, 0.5) is 0 Å². The zero-order valence-corrected chi connectivity index (χ0v) is 14.7. The maximum absolute atomic E-state index is 8.70. The van der Waals surface area contributed by atoms with Gasteiger partial charge in [0.05, 0.1) is 11.1 Å². The van der Waals surface area contributed by atoms with Crippen molar-refractivity contribution in [2.24, 2.45) is 4.99 Å². The van der Waals surface area contributed by atoms with Crippen molar-refractivity contribution in [3.63, 3.8) is 0 Å². The minimum absolute atomic E-state index is 0.429. The van der Waals surface area contributed by atoms with Gasteiger partial charge in [0.1, 0.15) is 4.38 Å².